The number of pyridine rings is 1. The van der Waals surface area contributed by atoms with E-state index in [0.29, 0.717) is 19.8 Å². The molecule has 2 heterocycles. The van der Waals surface area contributed by atoms with E-state index in [1.165, 1.54) is 5.56 Å². The number of aromatic nitrogens is 1. The summed E-state index contributed by atoms with van der Waals surface area (Å²) in [7, 11) is 3.30. The van der Waals surface area contributed by atoms with E-state index in [2.05, 4.69) is 10.3 Å². The van der Waals surface area contributed by atoms with Gasteiger partial charge in [0.25, 0.3) is 0 Å². The van der Waals surface area contributed by atoms with Gasteiger partial charge in [0.2, 0.25) is 0 Å². The van der Waals surface area contributed by atoms with E-state index in [4.69, 9.17) is 14.2 Å². The fourth-order valence-corrected chi connectivity index (χ4v) is 2.42. The van der Waals surface area contributed by atoms with Crippen LogP contribution in [-0.4, -0.2) is 19.2 Å². The summed E-state index contributed by atoms with van der Waals surface area (Å²) in [5.41, 5.74) is 3.40. The van der Waals surface area contributed by atoms with Gasteiger partial charge in [0.05, 0.1) is 27.4 Å². The largest absolute Gasteiger partial charge is 0.497 e. The van der Waals surface area contributed by atoms with Crippen LogP contribution in [0.15, 0.2) is 30.5 Å². The lowest BCUT2D eigenvalue weighted by molar-refractivity contribution is 0.134. The number of rotatable bonds is 5. The fraction of sp³-hybridized carbons (Fsp3) is 0.312. The molecule has 0 radical (unpaired) electrons. The van der Waals surface area contributed by atoms with Crippen LogP contribution in [0.4, 0.5) is 5.82 Å². The third-order valence-electron chi connectivity index (χ3n) is 3.60. The number of hydrogen-bond acceptors (Lipinski definition) is 5. The Hall–Kier alpha value is -2.27. The predicted molar refractivity (Wildman–Crippen MR) is 79.6 cm³/mol. The number of anilines is 1. The van der Waals surface area contributed by atoms with E-state index in [1.807, 2.05) is 24.3 Å². The van der Waals surface area contributed by atoms with Gasteiger partial charge in [-0.25, -0.2) is 4.98 Å². The van der Waals surface area contributed by atoms with Crippen LogP contribution in [0, 0.1) is 0 Å². The number of nitrogens with zero attached hydrogens (tertiary/aromatic N) is 1. The normalized spacial score (nSPS) is 12.9. The third-order valence-corrected chi connectivity index (χ3v) is 3.60. The van der Waals surface area contributed by atoms with Crippen LogP contribution in [-0.2, 0) is 24.5 Å². The van der Waals surface area contributed by atoms with Crippen molar-refractivity contribution in [1.82, 2.24) is 4.98 Å². The summed E-state index contributed by atoms with van der Waals surface area (Å²) in [5, 5.41) is 3.36. The molecule has 1 aromatic carbocycles. The van der Waals surface area contributed by atoms with Gasteiger partial charge in [-0.2, -0.15) is 0 Å². The molecule has 1 aromatic heterocycles. The number of ether oxygens (including phenoxy) is 3. The number of hydrogen-bond donors (Lipinski definition) is 1. The number of benzene rings is 1. The lowest BCUT2D eigenvalue weighted by Gasteiger charge is -2.13. The van der Waals surface area contributed by atoms with E-state index in [9.17, 15) is 0 Å². The molecule has 110 valence electrons. The van der Waals surface area contributed by atoms with Gasteiger partial charge in [0.1, 0.15) is 17.3 Å². The first-order valence-corrected chi connectivity index (χ1v) is 6.81. The average Bonchev–Trinajstić information content (AvgIpc) is 3.01. The van der Waals surface area contributed by atoms with Gasteiger partial charge in [-0.05, 0) is 23.8 Å². The average molecular weight is 286 g/mol. The summed E-state index contributed by atoms with van der Waals surface area (Å²) >= 11 is 0. The first kappa shape index (κ1) is 13.7. The second-order valence-electron chi connectivity index (χ2n) is 4.82. The van der Waals surface area contributed by atoms with Crippen molar-refractivity contribution in [1.29, 1.82) is 0 Å². The number of methoxy groups -OCH3 is 2. The molecular weight excluding hydrogens is 268 g/mol. The molecule has 0 aliphatic carbocycles. The van der Waals surface area contributed by atoms with E-state index < -0.39 is 0 Å². The van der Waals surface area contributed by atoms with Crippen molar-refractivity contribution >= 4 is 5.82 Å². The Morgan fingerprint density at radius 3 is 2.90 bits per heavy atom. The molecule has 21 heavy (non-hydrogen) atoms. The summed E-state index contributed by atoms with van der Waals surface area (Å²) in [5.74, 6) is 2.45. The highest BCUT2D eigenvalue weighted by molar-refractivity contribution is 5.50. The Morgan fingerprint density at radius 2 is 2.10 bits per heavy atom. The van der Waals surface area contributed by atoms with Gasteiger partial charge >= 0.3 is 0 Å². The van der Waals surface area contributed by atoms with E-state index in [0.717, 1.165) is 28.4 Å². The maximum Gasteiger partial charge on any atom is 0.132 e. The topological polar surface area (TPSA) is 52.6 Å². The van der Waals surface area contributed by atoms with Crippen LogP contribution >= 0.6 is 0 Å². The fourth-order valence-electron chi connectivity index (χ4n) is 2.42. The lowest BCUT2D eigenvalue weighted by atomic mass is 10.1. The zero-order valence-corrected chi connectivity index (χ0v) is 12.2. The molecule has 1 aliphatic rings. The van der Waals surface area contributed by atoms with E-state index in [1.54, 1.807) is 20.4 Å². The summed E-state index contributed by atoms with van der Waals surface area (Å²) in [4.78, 5) is 4.40. The minimum Gasteiger partial charge on any atom is -0.497 e. The summed E-state index contributed by atoms with van der Waals surface area (Å²) in [6, 6.07) is 7.79. The lowest BCUT2D eigenvalue weighted by Crippen LogP contribution is -2.06. The van der Waals surface area contributed by atoms with Crippen LogP contribution in [0.2, 0.25) is 0 Å². The van der Waals surface area contributed by atoms with Crippen molar-refractivity contribution in [3.8, 4) is 11.5 Å². The highest BCUT2D eigenvalue weighted by Gasteiger charge is 2.16. The van der Waals surface area contributed by atoms with Gasteiger partial charge in [-0.15, -0.1) is 0 Å². The van der Waals surface area contributed by atoms with Gasteiger partial charge in [0.15, 0.2) is 0 Å². The van der Waals surface area contributed by atoms with Crippen molar-refractivity contribution < 1.29 is 14.2 Å². The standard InChI is InChI=1S/C16H18N2O3/c1-19-13-4-3-11(15(7-13)20-2)8-18-16-14-10-21-9-12(14)5-6-17-16/h3-7H,8-10H2,1-2H3,(H,17,18). The zero-order valence-electron chi connectivity index (χ0n) is 12.2. The SMILES string of the molecule is COc1ccc(CNc2nccc3c2COC3)c(OC)c1. The molecule has 0 unspecified atom stereocenters. The Kier molecular flexibility index (Phi) is 3.92. The maximum atomic E-state index is 5.46. The molecule has 5 nitrogen and oxygen atoms in total. The maximum absolute atomic E-state index is 5.46. The highest BCUT2D eigenvalue weighted by atomic mass is 16.5. The van der Waals surface area contributed by atoms with Crippen molar-refractivity contribution in [3.63, 3.8) is 0 Å². The monoisotopic (exact) mass is 286 g/mol. The summed E-state index contributed by atoms with van der Waals surface area (Å²) in [6.07, 6.45) is 1.81. The molecule has 1 N–H and O–H groups in total. The molecule has 0 bridgehead atoms. The Labute approximate surface area is 123 Å². The van der Waals surface area contributed by atoms with Crippen LogP contribution in [0.3, 0.4) is 0 Å². The third kappa shape index (κ3) is 2.78. The molecule has 0 saturated carbocycles. The van der Waals surface area contributed by atoms with Gasteiger partial charge in [-0.1, -0.05) is 0 Å². The molecule has 5 heteroatoms. The number of fused-ring (bicyclic) bond motifs is 1. The van der Waals surface area contributed by atoms with Crippen molar-refractivity contribution in [2.45, 2.75) is 19.8 Å². The van der Waals surface area contributed by atoms with Crippen LogP contribution < -0.4 is 14.8 Å². The minimum atomic E-state index is 0.616. The molecule has 1 aliphatic heterocycles. The Morgan fingerprint density at radius 1 is 1.19 bits per heavy atom. The minimum absolute atomic E-state index is 0.616. The summed E-state index contributed by atoms with van der Waals surface area (Å²) < 4.78 is 16.1. The Bertz CT molecular complexity index is 643. The van der Waals surface area contributed by atoms with E-state index in [-0.39, 0.29) is 0 Å². The second kappa shape index (κ2) is 6.01. The van der Waals surface area contributed by atoms with Crippen LogP contribution in [0.5, 0.6) is 11.5 Å². The molecule has 0 spiro atoms. The molecule has 0 fully saturated rings. The number of nitrogens with one attached hydrogen (secondary N) is 1. The zero-order chi connectivity index (χ0) is 14.7. The predicted octanol–water partition coefficient (Wildman–Crippen LogP) is 2.74. The van der Waals surface area contributed by atoms with Crippen molar-refractivity contribution in [3.05, 3.63) is 47.2 Å². The van der Waals surface area contributed by atoms with Crippen molar-refractivity contribution in [2.24, 2.45) is 0 Å². The molecule has 2 aromatic rings. The Balaban J connectivity index is 1.78. The molecule has 3 rings (SSSR count). The molecular formula is C16H18N2O3. The quantitative estimate of drug-likeness (QED) is 0.916. The van der Waals surface area contributed by atoms with Crippen molar-refractivity contribution in [2.75, 3.05) is 19.5 Å². The first-order valence-electron chi connectivity index (χ1n) is 6.81. The van der Waals surface area contributed by atoms with Gasteiger partial charge in [-0.3, -0.25) is 0 Å². The smallest absolute Gasteiger partial charge is 0.132 e. The molecule has 0 atom stereocenters. The van der Waals surface area contributed by atoms with E-state index >= 15 is 0 Å². The first-order chi connectivity index (χ1) is 10.3. The molecule has 0 amide bonds. The van der Waals surface area contributed by atoms with Crippen LogP contribution in [0.25, 0.3) is 0 Å². The molecule has 0 saturated heterocycles. The van der Waals surface area contributed by atoms with Gasteiger partial charge < -0.3 is 19.5 Å². The van der Waals surface area contributed by atoms with Crippen LogP contribution in [0.1, 0.15) is 16.7 Å². The summed E-state index contributed by atoms with van der Waals surface area (Å²) in [6.45, 7) is 1.92. The van der Waals surface area contributed by atoms with Gasteiger partial charge in [0, 0.05) is 29.9 Å². The highest BCUT2D eigenvalue weighted by Crippen LogP contribution is 2.28. The second-order valence-corrected chi connectivity index (χ2v) is 4.82.